The molecule has 2 rings (SSSR count). The van der Waals surface area contributed by atoms with Crippen LogP contribution in [0.25, 0.3) is 0 Å². The number of carbonyl (C=O) groups excluding carboxylic acids is 3. The SMILES string of the molecule is COC(=O)[C@H](C)N(C(=O)CSC(=O)c1ccco1)c1c(C)ccc(C)c1C. The van der Waals surface area contributed by atoms with E-state index in [1.54, 1.807) is 19.1 Å². The second-order valence-electron chi connectivity index (χ2n) is 6.19. The molecule has 0 radical (unpaired) electrons. The number of thioether (sulfide) groups is 1. The molecule has 1 aromatic carbocycles. The summed E-state index contributed by atoms with van der Waals surface area (Å²) >= 11 is 0.842. The van der Waals surface area contributed by atoms with E-state index in [0.29, 0.717) is 5.69 Å². The van der Waals surface area contributed by atoms with Crippen LogP contribution in [0.1, 0.15) is 34.2 Å². The number of anilines is 1. The van der Waals surface area contributed by atoms with Crippen molar-refractivity contribution in [3.63, 3.8) is 0 Å². The van der Waals surface area contributed by atoms with E-state index in [2.05, 4.69) is 0 Å². The third-order valence-corrected chi connectivity index (χ3v) is 5.25. The van der Waals surface area contributed by atoms with Crippen molar-refractivity contribution in [2.24, 2.45) is 0 Å². The number of amides is 1. The van der Waals surface area contributed by atoms with Crippen LogP contribution in [0.15, 0.2) is 34.9 Å². The first-order valence-electron chi connectivity index (χ1n) is 8.45. The first-order valence-corrected chi connectivity index (χ1v) is 9.43. The molecule has 27 heavy (non-hydrogen) atoms. The third kappa shape index (κ3) is 4.60. The normalized spacial score (nSPS) is 11.7. The Balaban J connectivity index is 2.33. The lowest BCUT2D eigenvalue weighted by molar-refractivity contribution is -0.142. The first-order chi connectivity index (χ1) is 12.8. The molecule has 7 heteroatoms. The Bertz CT molecular complexity index is 844. The van der Waals surface area contributed by atoms with E-state index < -0.39 is 12.0 Å². The summed E-state index contributed by atoms with van der Waals surface area (Å²) in [6, 6.07) is 6.21. The molecule has 1 heterocycles. The zero-order valence-electron chi connectivity index (χ0n) is 16.1. The minimum absolute atomic E-state index is 0.117. The number of methoxy groups -OCH3 is 1. The van der Waals surface area contributed by atoms with E-state index in [1.165, 1.54) is 18.3 Å². The van der Waals surface area contributed by atoms with Crippen molar-refractivity contribution in [3.05, 3.63) is 53.0 Å². The van der Waals surface area contributed by atoms with Crippen LogP contribution in [0.4, 0.5) is 5.69 Å². The molecule has 1 atom stereocenters. The predicted molar refractivity (Wildman–Crippen MR) is 105 cm³/mol. The summed E-state index contributed by atoms with van der Waals surface area (Å²) < 4.78 is 9.90. The maximum absolute atomic E-state index is 13.0. The van der Waals surface area contributed by atoms with Crippen LogP contribution in [0.2, 0.25) is 0 Å². The number of carbonyl (C=O) groups is 3. The Hall–Kier alpha value is -2.54. The quantitative estimate of drug-likeness (QED) is 0.702. The van der Waals surface area contributed by atoms with Crippen molar-refractivity contribution >= 4 is 34.4 Å². The van der Waals surface area contributed by atoms with Gasteiger partial charge >= 0.3 is 5.97 Å². The fourth-order valence-electron chi connectivity index (χ4n) is 2.78. The lowest BCUT2D eigenvalue weighted by Gasteiger charge is -2.31. The van der Waals surface area contributed by atoms with Gasteiger partial charge < -0.3 is 9.15 Å². The summed E-state index contributed by atoms with van der Waals surface area (Å²) in [4.78, 5) is 38.7. The summed E-state index contributed by atoms with van der Waals surface area (Å²) in [5.41, 5.74) is 3.44. The molecule has 1 amide bonds. The second kappa shape index (κ2) is 8.90. The van der Waals surface area contributed by atoms with Gasteiger partial charge in [0.25, 0.3) is 5.12 Å². The van der Waals surface area contributed by atoms with Gasteiger partial charge in [-0.15, -0.1) is 0 Å². The molecule has 6 nitrogen and oxygen atoms in total. The highest BCUT2D eigenvalue weighted by Crippen LogP contribution is 2.30. The Morgan fingerprint density at radius 2 is 1.81 bits per heavy atom. The highest BCUT2D eigenvalue weighted by atomic mass is 32.2. The number of benzene rings is 1. The van der Waals surface area contributed by atoms with Gasteiger partial charge in [-0.2, -0.15) is 0 Å². The topological polar surface area (TPSA) is 76.8 Å². The summed E-state index contributed by atoms with van der Waals surface area (Å²) in [6.45, 7) is 7.35. The summed E-state index contributed by atoms with van der Waals surface area (Å²) in [5.74, 6) is -0.808. The van der Waals surface area contributed by atoms with Crippen molar-refractivity contribution in [3.8, 4) is 0 Å². The molecule has 0 fully saturated rings. The van der Waals surface area contributed by atoms with Gasteiger partial charge in [0.15, 0.2) is 5.76 Å². The van der Waals surface area contributed by atoms with Gasteiger partial charge in [-0.05, 0) is 56.5 Å². The van der Waals surface area contributed by atoms with Crippen LogP contribution in [0.3, 0.4) is 0 Å². The summed E-state index contributed by atoms with van der Waals surface area (Å²) in [5, 5.41) is -0.336. The number of hydrogen-bond acceptors (Lipinski definition) is 6. The van der Waals surface area contributed by atoms with Crippen LogP contribution in [0, 0.1) is 20.8 Å². The zero-order chi connectivity index (χ0) is 20.1. The van der Waals surface area contributed by atoms with Gasteiger partial charge in [-0.25, -0.2) is 4.79 Å². The van der Waals surface area contributed by atoms with Crippen LogP contribution in [0.5, 0.6) is 0 Å². The number of hydrogen-bond donors (Lipinski definition) is 0. The van der Waals surface area contributed by atoms with Gasteiger partial charge in [0.05, 0.1) is 24.8 Å². The van der Waals surface area contributed by atoms with Crippen LogP contribution < -0.4 is 4.90 Å². The van der Waals surface area contributed by atoms with E-state index >= 15 is 0 Å². The van der Waals surface area contributed by atoms with Crippen LogP contribution in [-0.2, 0) is 14.3 Å². The average molecular weight is 389 g/mol. The van der Waals surface area contributed by atoms with Crippen molar-refractivity contribution in [1.82, 2.24) is 0 Å². The number of ether oxygens (including phenoxy) is 1. The van der Waals surface area contributed by atoms with E-state index in [9.17, 15) is 14.4 Å². The minimum atomic E-state index is -0.819. The molecule has 0 aliphatic carbocycles. The first kappa shape index (κ1) is 20.8. The number of aryl methyl sites for hydroxylation is 2. The molecule has 0 bridgehead atoms. The molecule has 0 aliphatic heterocycles. The maximum Gasteiger partial charge on any atom is 0.328 e. The molecule has 0 saturated carbocycles. The highest BCUT2D eigenvalue weighted by Gasteiger charge is 2.31. The predicted octanol–water partition coefficient (Wildman–Crippen LogP) is 3.67. The van der Waals surface area contributed by atoms with Crippen molar-refractivity contribution < 1.29 is 23.5 Å². The van der Waals surface area contributed by atoms with Crippen LogP contribution in [-0.4, -0.2) is 35.9 Å². The molecule has 0 saturated heterocycles. The van der Waals surface area contributed by atoms with Gasteiger partial charge in [0.2, 0.25) is 5.91 Å². The molecule has 0 spiro atoms. The lowest BCUT2D eigenvalue weighted by atomic mass is 10.0. The molecule has 144 valence electrons. The molecule has 0 unspecified atom stereocenters. The second-order valence-corrected chi connectivity index (χ2v) is 7.14. The standard InChI is InChI=1S/C20H23NO5S/c1-12-8-9-13(2)18(14(12)3)21(15(4)19(23)25-5)17(22)11-27-20(24)16-7-6-10-26-16/h6-10,15H,11H2,1-5H3/t15-/m0/s1. The monoisotopic (exact) mass is 389 g/mol. The van der Waals surface area contributed by atoms with Gasteiger partial charge in [-0.3, -0.25) is 14.5 Å². The number of esters is 1. The smallest absolute Gasteiger partial charge is 0.328 e. The Morgan fingerprint density at radius 1 is 1.15 bits per heavy atom. The fourth-order valence-corrected chi connectivity index (χ4v) is 3.43. The number of nitrogens with zero attached hydrogens (tertiary/aromatic N) is 1. The molecule has 1 aromatic heterocycles. The largest absolute Gasteiger partial charge is 0.467 e. The van der Waals surface area contributed by atoms with Crippen molar-refractivity contribution in [2.75, 3.05) is 17.8 Å². The molecular weight excluding hydrogens is 366 g/mol. The molecule has 2 aromatic rings. The van der Waals surface area contributed by atoms with Gasteiger partial charge in [0, 0.05) is 0 Å². The van der Waals surface area contributed by atoms with Crippen LogP contribution >= 0.6 is 11.8 Å². The van der Waals surface area contributed by atoms with Gasteiger partial charge in [-0.1, -0.05) is 23.9 Å². The average Bonchev–Trinajstić information content (AvgIpc) is 3.19. The summed E-state index contributed by atoms with van der Waals surface area (Å²) in [7, 11) is 1.28. The van der Waals surface area contributed by atoms with Crippen molar-refractivity contribution in [2.45, 2.75) is 33.7 Å². The number of rotatable bonds is 6. The minimum Gasteiger partial charge on any atom is -0.467 e. The fraction of sp³-hybridized carbons (Fsp3) is 0.350. The highest BCUT2D eigenvalue weighted by molar-refractivity contribution is 8.14. The zero-order valence-corrected chi connectivity index (χ0v) is 16.9. The molecule has 0 aliphatic rings. The maximum atomic E-state index is 13.0. The molecular formula is C20H23NO5S. The Labute approximate surface area is 162 Å². The van der Waals surface area contributed by atoms with E-state index in [4.69, 9.17) is 9.15 Å². The Morgan fingerprint density at radius 3 is 2.41 bits per heavy atom. The van der Waals surface area contributed by atoms with E-state index in [1.807, 2.05) is 32.9 Å². The van der Waals surface area contributed by atoms with E-state index in [-0.39, 0.29) is 22.5 Å². The van der Waals surface area contributed by atoms with E-state index in [0.717, 1.165) is 28.5 Å². The Kier molecular flexibility index (Phi) is 6.85. The van der Waals surface area contributed by atoms with Crippen molar-refractivity contribution in [1.29, 1.82) is 0 Å². The lowest BCUT2D eigenvalue weighted by Crippen LogP contribution is -2.46. The summed E-state index contributed by atoms with van der Waals surface area (Å²) in [6.07, 6.45) is 1.40. The molecule has 0 N–H and O–H groups in total. The number of furan rings is 1. The van der Waals surface area contributed by atoms with Gasteiger partial charge in [0.1, 0.15) is 6.04 Å². The third-order valence-electron chi connectivity index (χ3n) is 4.39.